The minimum absolute atomic E-state index is 0. The smallest absolute Gasteiger partial charge is 0.827 e. The molecule has 16 heavy (non-hydrogen) atoms. The quantitative estimate of drug-likeness (QED) is 0.340. The zero-order chi connectivity index (χ0) is 10.9. The molecule has 0 fully saturated rings. The maximum atomic E-state index is 10.2. The first-order valence-electron chi connectivity index (χ1n) is 2.54. The molecule has 0 aliphatic carbocycles. The third-order valence-electron chi connectivity index (χ3n) is 0.434. The van der Waals surface area contributed by atoms with Crippen LogP contribution in [0.1, 0.15) is 6.42 Å². The molecule has 76 valence electrons. The zero-order valence-corrected chi connectivity index (χ0v) is 8.90. The molecule has 0 heterocycles. The Morgan fingerprint density at radius 1 is 1.00 bits per heavy atom. The minimum atomic E-state index is -2.65. The van der Waals surface area contributed by atoms with Crippen LogP contribution in [0.4, 0.5) is 9.05 Å². The normalized spacial score (nSPS) is 6.69. The molecule has 0 bridgehead atoms. The number of carboxylic acid groups (broad SMARTS) is 2. The van der Waals surface area contributed by atoms with Gasteiger partial charge < -0.3 is 24.8 Å². The summed E-state index contributed by atoms with van der Waals surface area (Å²) in [5.41, 5.74) is 0. The van der Waals surface area contributed by atoms with Crippen molar-refractivity contribution in [3.63, 3.8) is 0 Å². The Balaban J connectivity index is -0.0000000428. The minimum Gasteiger partial charge on any atom is -0.827 e. The predicted octanol–water partition coefficient (Wildman–Crippen LogP) is -13.0. The largest absolute Gasteiger partial charge is 1.00 e. The van der Waals surface area contributed by atoms with Crippen LogP contribution in [-0.2, 0) is 19.3 Å². The number of hydrogen-bond donors (Lipinski definition) is 0. The SMILES string of the molecule is O=C([O-])CC(=O)[O-].[Li+].[Li+].[Li+].[O-]B(OF)OF. The van der Waals surface area contributed by atoms with Gasteiger partial charge in [-0.15, -0.1) is 0 Å². The fraction of sp³-hybridized carbons (Fsp3) is 0.333. The van der Waals surface area contributed by atoms with Crippen molar-refractivity contribution in [1.82, 2.24) is 0 Å². The second-order valence-corrected chi connectivity index (χ2v) is 1.39. The summed E-state index contributed by atoms with van der Waals surface area (Å²) in [6.45, 7) is 0. The van der Waals surface area contributed by atoms with Crippen LogP contribution in [-0.4, -0.2) is 19.3 Å². The Morgan fingerprint density at radius 3 is 1.25 bits per heavy atom. The van der Waals surface area contributed by atoms with Crippen molar-refractivity contribution >= 4 is 19.3 Å². The standard InChI is InChI=1S/C3H4O4.BF2O3.3Li/c4-2(5)1-3(6)7;2-5-1(4)6-3;;;/h1H2,(H,4,5)(H,6,7);;;;/q;-1;3*+1/p-2. The third-order valence-corrected chi connectivity index (χ3v) is 0.434. The Morgan fingerprint density at radius 2 is 1.25 bits per heavy atom. The Hall–Kier alpha value is 0.537. The Bertz CT molecular complexity index is 159. The van der Waals surface area contributed by atoms with Crippen LogP contribution < -0.4 is 71.8 Å². The number of carbonyl (C=O) groups is 2. The molecular weight excluding hydrogens is 218 g/mol. The van der Waals surface area contributed by atoms with Gasteiger partial charge in [0.25, 0.3) is 0 Å². The van der Waals surface area contributed by atoms with Gasteiger partial charge in [-0.1, -0.05) is 9.05 Å². The first-order valence-corrected chi connectivity index (χ1v) is 2.54. The van der Waals surface area contributed by atoms with Gasteiger partial charge in [0.1, 0.15) is 0 Å². The van der Waals surface area contributed by atoms with E-state index in [1.165, 1.54) is 0 Å². The molecule has 0 aromatic rings. The van der Waals surface area contributed by atoms with E-state index in [1.807, 2.05) is 0 Å². The Labute approximate surface area is 125 Å². The average molecular weight is 220 g/mol. The summed E-state index contributed by atoms with van der Waals surface area (Å²) in [4.78, 5) is 23.0. The van der Waals surface area contributed by atoms with Crippen LogP contribution in [0, 0.1) is 0 Å². The van der Waals surface area contributed by atoms with Gasteiger partial charge in [-0.3, -0.25) is 0 Å². The fourth-order valence-corrected chi connectivity index (χ4v) is 0.132. The number of carbonyl (C=O) groups excluding carboxylic acids is 2. The van der Waals surface area contributed by atoms with Crippen LogP contribution in [0.2, 0.25) is 0 Å². The van der Waals surface area contributed by atoms with E-state index in [4.69, 9.17) is 5.02 Å². The molecule has 0 rings (SSSR count). The summed E-state index contributed by atoms with van der Waals surface area (Å²) in [5, 5.41) is 27.6. The second-order valence-electron chi connectivity index (χ2n) is 1.39. The summed E-state index contributed by atoms with van der Waals surface area (Å²) >= 11 is 0. The molecule has 0 N–H and O–H groups in total. The van der Waals surface area contributed by atoms with Crippen molar-refractivity contribution in [2.45, 2.75) is 6.42 Å². The van der Waals surface area contributed by atoms with Crippen LogP contribution in [0.5, 0.6) is 0 Å². The van der Waals surface area contributed by atoms with E-state index >= 15 is 0 Å². The van der Waals surface area contributed by atoms with Crippen molar-refractivity contribution in [3.8, 4) is 0 Å². The third kappa shape index (κ3) is 36.6. The predicted molar refractivity (Wildman–Crippen MR) is 24.8 cm³/mol. The molecule has 0 unspecified atom stereocenters. The summed E-state index contributed by atoms with van der Waals surface area (Å²) in [6, 6.07) is 0. The van der Waals surface area contributed by atoms with E-state index in [-0.39, 0.29) is 56.6 Å². The maximum Gasteiger partial charge on any atom is 1.00 e. The first-order chi connectivity index (χ1) is 5.93. The van der Waals surface area contributed by atoms with E-state index in [1.54, 1.807) is 0 Å². The summed E-state index contributed by atoms with van der Waals surface area (Å²) in [7, 11) is -2.65. The van der Waals surface area contributed by atoms with Gasteiger partial charge in [0, 0.05) is 18.4 Å². The van der Waals surface area contributed by atoms with Gasteiger partial charge in [0.05, 0.1) is 0 Å². The number of hydrogen-bond acceptors (Lipinski definition) is 7. The van der Waals surface area contributed by atoms with Gasteiger partial charge in [-0.05, 0) is 0 Å². The van der Waals surface area contributed by atoms with Gasteiger partial charge in [0.2, 0.25) is 0 Å². The second kappa shape index (κ2) is 20.9. The molecule has 0 atom stereocenters. The first kappa shape index (κ1) is 30.0. The van der Waals surface area contributed by atoms with Crippen LogP contribution >= 0.6 is 0 Å². The molecule has 0 aliphatic heterocycles. The van der Waals surface area contributed by atoms with E-state index < -0.39 is 25.7 Å². The number of rotatable bonds is 4. The van der Waals surface area contributed by atoms with Gasteiger partial charge in [-0.2, -0.15) is 0 Å². The molecule has 0 amide bonds. The van der Waals surface area contributed by atoms with E-state index in [2.05, 4.69) is 9.72 Å². The molecule has 0 radical (unpaired) electrons. The van der Waals surface area contributed by atoms with Crippen molar-refractivity contribution in [1.29, 1.82) is 0 Å². The number of carboxylic acids is 2. The monoisotopic (exact) mass is 220 g/mol. The molecule has 0 aromatic carbocycles. The van der Waals surface area contributed by atoms with Crippen molar-refractivity contribution in [2.75, 3.05) is 0 Å². The molecule has 0 saturated heterocycles. The summed E-state index contributed by atoms with van der Waals surface area (Å²) < 4.78 is 20.4. The maximum absolute atomic E-state index is 10.2. The van der Waals surface area contributed by atoms with E-state index in [0.29, 0.717) is 0 Å². The van der Waals surface area contributed by atoms with Crippen molar-refractivity contribution in [3.05, 3.63) is 0 Å². The van der Waals surface area contributed by atoms with Crippen LogP contribution in [0.25, 0.3) is 0 Å². The van der Waals surface area contributed by atoms with E-state index in [9.17, 15) is 28.9 Å². The molecule has 13 heteroatoms. The summed E-state index contributed by atoms with van der Waals surface area (Å²) in [6.07, 6.45) is -1.03. The average Bonchev–Trinajstić information content (AvgIpc) is 2.01. The zero-order valence-electron chi connectivity index (χ0n) is 8.90. The van der Waals surface area contributed by atoms with Crippen molar-refractivity contribution < 1.29 is 100 Å². The van der Waals surface area contributed by atoms with E-state index in [0.717, 1.165) is 0 Å². The molecular formula is C3H2BF2Li3O7. The fourth-order valence-electron chi connectivity index (χ4n) is 0.132. The van der Waals surface area contributed by atoms with Crippen LogP contribution in [0.15, 0.2) is 0 Å². The Kier molecular flexibility index (Phi) is 39.2. The molecule has 0 aliphatic rings. The summed E-state index contributed by atoms with van der Waals surface area (Å²) in [5.74, 6) is -3.25. The van der Waals surface area contributed by atoms with Crippen molar-refractivity contribution in [2.24, 2.45) is 0 Å². The van der Waals surface area contributed by atoms with Gasteiger partial charge >= 0.3 is 63.9 Å². The molecule has 0 aromatic heterocycles. The number of halogens is 2. The molecule has 7 nitrogen and oxygen atoms in total. The van der Waals surface area contributed by atoms with Gasteiger partial charge in [0.15, 0.2) is 0 Å². The molecule has 0 spiro atoms. The molecule has 0 saturated carbocycles. The van der Waals surface area contributed by atoms with Gasteiger partial charge in [-0.25, -0.2) is 9.72 Å². The van der Waals surface area contributed by atoms with Crippen LogP contribution in [0.3, 0.4) is 0 Å². The topological polar surface area (TPSA) is 122 Å². The number of aliphatic carboxylic acids is 2.